The number of carbonyl (C=O) groups excluding carboxylic acids is 1. The molecule has 0 spiro atoms. The smallest absolute Gasteiger partial charge is 0.311 e. The average molecular weight is 481 g/mol. The van der Waals surface area contributed by atoms with Crippen LogP contribution in [0.3, 0.4) is 0 Å². The monoisotopic (exact) mass is 481 g/mol. The van der Waals surface area contributed by atoms with Crippen molar-refractivity contribution < 1.29 is 18.0 Å². The van der Waals surface area contributed by atoms with Crippen LogP contribution in [0.4, 0.5) is 8.78 Å². The molecule has 0 aliphatic carbocycles. The number of hydrogen-bond donors (Lipinski definition) is 1. The summed E-state index contributed by atoms with van der Waals surface area (Å²) in [4.78, 5) is 21.5. The molecule has 13 heteroatoms. The van der Waals surface area contributed by atoms with E-state index in [0.29, 0.717) is 30.9 Å². The zero-order valence-electron chi connectivity index (χ0n) is 18.9. The highest BCUT2D eigenvalue weighted by molar-refractivity contribution is 5.89. The SMILES string of the molecule is Cc1nn(C)cc1-c1nnc(C(=O)N2CCc3nc[nH]c3C2)o1.FC(F)c1cccc2ccnn12. The van der Waals surface area contributed by atoms with Crippen LogP contribution in [-0.2, 0) is 20.0 Å². The van der Waals surface area contributed by atoms with Crippen molar-refractivity contribution >= 4 is 11.4 Å². The van der Waals surface area contributed by atoms with Gasteiger partial charge >= 0.3 is 11.8 Å². The van der Waals surface area contributed by atoms with Crippen LogP contribution in [-0.4, -0.2) is 56.9 Å². The average Bonchev–Trinajstić information content (AvgIpc) is 3.64. The lowest BCUT2D eigenvalue weighted by Gasteiger charge is -2.24. The lowest BCUT2D eigenvalue weighted by Crippen LogP contribution is -2.36. The lowest BCUT2D eigenvalue weighted by atomic mass is 10.1. The number of aromatic nitrogens is 8. The molecule has 1 N–H and O–H groups in total. The maximum atomic E-state index is 12.5. The van der Waals surface area contributed by atoms with Crippen molar-refractivity contribution in [3.05, 3.63) is 71.7 Å². The molecular formula is C22H21F2N9O2. The maximum Gasteiger partial charge on any atom is 0.311 e. The zero-order chi connectivity index (χ0) is 24.5. The summed E-state index contributed by atoms with van der Waals surface area (Å²) in [6.45, 7) is 2.91. The molecule has 6 rings (SSSR count). The summed E-state index contributed by atoms with van der Waals surface area (Å²) in [5.74, 6) is 0.0231. The van der Waals surface area contributed by atoms with Crippen LogP contribution in [0, 0.1) is 6.92 Å². The highest BCUT2D eigenvalue weighted by Crippen LogP contribution is 2.23. The summed E-state index contributed by atoms with van der Waals surface area (Å²) in [7, 11) is 1.81. The third-order valence-electron chi connectivity index (χ3n) is 5.59. The number of alkyl halides is 2. The molecule has 0 unspecified atom stereocenters. The molecule has 1 aliphatic heterocycles. The van der Waals surface area contributed by atoms with E-state index in [1.54, 1.807) is 40.3 Å². The molecule has 1 aliphatic rings. The fourth-order valence-electron chi connectivity index (χ4n) is 3.89. The van der Waals surface area contributed by atoms with E-state index in [0.717, 1.165) is 22.6 Å². The van der Waals surface area contributed by atoms with Crippen molar-refractivity contribution in [2.45, 2.75) is 26.3 Å². The molecule has 0 atom stereocenters. The van der Waals surface area contributed by atoms with Gasteiger partial charge in [-0.2, -0.15) is 10.2 Å². The number of aryl methyl sites for hydroxylation is 2. The van der Waals surface area contributed by atoms with Gasteiger partial charge in [-0.1, -0.05) is 6.07 Å². The second-order valence-electron chi connectivity index (χ2n) is 7.94. The van der Waals surface area contributed by atoms with Crippen molar-refractivity contribution in [1.29, 1.82) is 0 Å². The molecule has 35 heavy (non-hydrogen) atoms. The second-order valence-corrected chi connectivity index (χ2v) is 7.94. The third kappa shape index (κ3) is 4.39. The maximum absolute atomic E-state index is 12.5. The molecule has 180 valence electrons. The first-order chi connectivity index (χ1) is 16.9. The number of nitrogens with one attached hydrogen (secondary N) is 1. The molecule has 0 fully saturated rings. The van der Waals surface area contributed by atoms with Gasteiger partial charge in [0.1, 0.15) is 5.69 Å². The number of H-pyrrole nitrogens is 1. The summed E-state index contributed by atoms with van der Waals surface area (Å²) >= 11 is 0. The van der Waals surface area contributed by atoms with Crippen molar-refractivity contribution in [2.75, 3.05) is 6.54 Å². The van der Waals surface area contributed by atoms with Crippen LogP contribution in [0.1, 0.15) is 39.9 Å². The number of imidazole rings is 1. The highest BCUT2D eigenvalue weighted by Gasteiger charge is 2.27. The topological polar surface area (TPSA) is 123 Å². The van der Waals surface area contributed by atoms with Gasteiger partial charge in [0.25, 0.3) is 12.3 Å². The predicted molar refractivity (Wildman–Crippen MR) is 118 cm³/mol. The predicted octanol–water partition coefficient (Wildman–Crippen LogP) is 2.97. The molecule has 6 heterocycles. The number of halogens is 2. The summed E-state index contributed by atoms with van der Waals surface area (Å²) < 4.78 is 33.1. The molecule has 0 saturated carbocycles. The first-order valence-corrected chi connectivity index (χ1v) is 10.8. The van der Waals surface area contributed by atoms with Gasteiger partial charge in [0.15, 0.2) is 0 Å². The summed E-state index contributed by atoms with van der Waals surface area (Å²) in [5, 5.41) is 15.9. The number of nitrogens with zero attached hydrogens (tertiary/aromatic N) is 8. The van der Waals surface area contributed by atoms with Crippen LogP contribution < -0.4 is 0 Å². The molecule has 5 aromatic heterocycles. The van der Waals surface area contributed by atoms with Gasteiger partial charge < -0.3 is 14.3 Å². The van der Waals surface area contributed by atoms with E-state index in [1.807, 2.05) is 14.0 Å². The van der Waals surface area contributed by atoms with E-state index in [2.05, 4.69) is 30.4 Å². The third-order valence-corrected chi connectivity index (χ3v) is 5.59. The number of pyridine rings is 1. The fourth-order valence-corrected chi connectivity index (χ4v) is 3.89. The molecule has 1 amide bonds. The number of amides is 1. The van der Waals surface area contributed by atoms with Gasteiger partial charge in [0.05, 0.1) is 41.0 Å². The molecule has 0 aromatic carbocycles. The first kappa shape index (κ1) is 22.4. The standard InChI is InChI=1S/C14H15N7O2.C8H6F2N2/c1-8-9(5-20(2)19-8)12-17-18-13(23-12)14(22)21-4-3-10-11(6-21)16-7-15-10;9-8(10)7-3-1-2-6-4-5-11-12(6)7/h5,7H,3-4,6H2,1-2H3,(H,15,16);1-5,8H. The quantitative estimate of drug-likeness (QED) is 0.420. The van der Waals surface area contributed by atoms with Crippen molar-refractivity contribution in [2.24, 2.45) is 7.05 Å². The van der Waals surface area contributed by atoms with Gasteiger partial charge in [0, 0.05) is 32.4 Å². The largest absolute Gasteiger partial charge is 0.412 e. The summed E-state index contributed by atoms with van der Waals surface area (Å²) in [5.41, 5.74) is 4.08. The number of aromatic amines is 1. The molecule has 0 radical (unpaired) electrons. The van der Waals surface area contributed by atoms with Crippen LogP contribution >= 0.6 is 0 Å². The van der Waals surface area contributed by atoms with Crippen molar-refractivity contribution in [3.8, 4) is 11.5 Å². The number of rotatable bonds is 3. The first-order valence-electron chi connectivity index (χ1n) is 10.8. The Morgan fingerprint density at radius 3 is 2.86 bits per heavy atom. The number of hydrogen-bond acceptors (Lipinski definition) is 7. The Bertz CT molecular complexity index is 1480. The van der Waals surface area contributed by atoms with Crippen molar-refractivity contribution in [1.82, 2.24) is 44.5 Å². The van der Waals surface area contributed by atoms with Gasteiger partial charge in [-0.25, -0.2) is 18.3 Å². The van der Waals surface area contributed by atoms with E-state index in [1.165, 1.54) is 16.8 Å². The van der Waals surface area contributed by atoms with Crippen LogP contribution in [0.5, 0.6) is 0 Å². The van der Waals surface area contributed by atoms with E-state index in [9.17, 15) is 13.6 Å². The molecular weight excluding hydrogens is 460 g/mol. The zero-order valence-corrected chi connectivity index (χ0v) is 18.9. The molecule has 5 aromatic rings. The Balaban J connectivity index is 0.000000178. The van der Waals surface area contributed by atoms with Crippen LogP contribution in [0.2, 0.25) is 0 Å². The molecule has 0 bridgehead atoms. The highest BCUT2D eigenvalue weighted by atomic mass is 19.3. The minimum Gasteiger partial charge on any atom is -0.412 e. The lowest BCUT2D eigenvalue weighted by molar-refractivity contribution is 0.0692. The fraction of sp³-hybridized carbons (Fsp3) is 0.273. The van der Waals surface area contributed by atoms with E-state index < -0.39 is 6.43 Å². The summed E-state index contributed by atoms with van der Waals surface area (Å²) in [6, 6.07) is 6.38. The van der Waals surface area contributed by atoms with Crippen LogP contribution in [0.15, 0.2) is 47.4 Å². The minimum atomic E-state index is -2.48. The van der Waals surface area contributed by atoms with Gasteiger partial charge in [0.2, 0.25) is 0 Å². The number of carbonyl (C=O) groups is 1. The van der Waals surface area contributed by atoms with Gasteiger partial charge in [-0.05, 0) is 25.1 Å². The number of fused-ring (bicyclic) bond motifs is 2. The Labute approximate surface area is 197 Å². The van der Waals surface area contributed by atoms with E-state index in [-0.39, 0.29) is 17.5 Å². The van der Waals surface area contributed by atoms with Crippen molar-refractivity contribution in [3.63, 3.8) is 0 Å². The summed E-state index contributed by atoms with van der Waals surface area (Å²) in [6.07, 6.45) is 3.17. The molecule has 11 nitrogen and oxygen atoms in total. The molecule has 0 saturated heterocycles. The minimum absolute atomic E-state index is 0.00813. The Morgan fingerprint density at radius 1 is 1.23 bits per heavy atom. The Kier molecular flexibility index (Phi) is 5.81. The van der Waals surface area contributed by atoms with Gasteiger partial charge in [-0.15, -0.1) is 10.2 Å². The second kappa shape index (κ2) is 9.08. The van der Waals surface area contributed by atoms with E-state index >= 15 is 0 Å². The van der Waals surface area contributed by atoms with Gasteiger partial charge in [-0.3, -0.25) is 9.48 Å². The Morgan fingerprint density at radius 2 is 2.09 bits per heavy atom. The normalized spacial score (nSPS) is 13.1. The van der Waals surface area contributed by atoms with E-state index in [4.69, 9.17) is 4.42 Å². The van der Waals surface area contributed by atoms with Crippen LogP contribution in [0.25, 0.3) is 17.0 Å². The Hall–Kier alpha value is -4.42.